The summed E-state index contributed by atoms with van der Waals surface area (Å²) in [6.45, 7) is 0.476. The molecule has 86 valence electrons. The van der Waals surface area contributed by atoms with Gasteiger partial charge in [0, 0.05) is 17.2 Å². The Morgan fingerprint density at radius 1 is 1.24 bits per heavy atom. The minimum atomic E-state index is 0.476. The summed E-state index contributed by atoms with van der Waals surface area (Å²) in [6, 6.07) is 12.3. The van der Waals surface area contributed by atoms with Gasteiger partial charge in [0.15, 0.2) is 0 Å². The van der Waals surface area contributed by atoms with Gasteiger partial charge in [0.2, 0.25) is 0 Å². The Kier molecular flexibility index (Phi) is 2.65. The predicted molar refractivity (Wildman–Crippen MR) is 70.6 cm³/mol. The van der Waals surface area contributed by atoms with Gasteiger partial charge in [-0.05, 0) is 11.5 Å². The Bertz CT molecular complexity index is 595. The summed E-state index contributed by atoms with van der Waals surface area (Å²) < 4.78 is 10.7. The molecule has 0 saturated heterocycles. The van der Waals surface area contributed by atoms with Crippen LogP contribution in [0.25, 0.3) is 10.8 Å². The van der Waals surface area contributed by atoms with Gasteiger partial charge in [-0.3, -0.25) is 0 Å². The summed E-state index contributed by atoms with van der Waals surface area (Å²) >= 11 is 1.22. The van der Waals surface area contributed by atoms with Crippen LogP contribution in [0.15, 0.2) is 41.6 Å². The molecule has 0 aromatic heterocycles. The van der Waals surface area contributed by atoms with Gasteiger partial charge in [0.25, 0.3) is 0 Å². The molecule has 0 radical (unpaired) electrons. The molecular weight excluding hydrogens is 234 g/mol. The van der Waals surface area contributed by atoms with Gasteiger partial charge in [0.1, 0.15) is 18.1 Å². The third-order valence-corrected chi connectivity index (χ3v) is 2.99. The van der Waals surface area contributed by atoms with Crippen LogP contribution in [0.4, 0.5) is 0 Å². The van der Waals surface area contributed by atoms with Crippen molar-refractivity contribution in [1.29, 1.82) is 0 Å². The lowest BCUT2D eigenvalue weighted by molar-refractivity contribution is 0.378. The number of ether oxygens (including phenoxy) is 1. The van der Waals surface area contributed by atoms with Crippen LogP contribution in [0.3, 0.4) is 0 Å². The molecule has 0 aliphatic carbocycles. The van der Waals surface area contributed by atoms with Crippen molar-refractivity contribution in [2.45, 2.75) is 0 Å². The van der Waals surface area contributed by atoms with E-state index in [-0.39, 0.29) is 0 Å². The summed E-state index contributed by atoms with van der Waals surface area (Å²) in [5.74, 6) is 0.909. The fraction of sp³-hybridized carbons (Fsp3) is 0.154. The minimum Gasteiger partial charge on any atom is -0.486 e. The van der Waals surface area contributed by atoms with Crippen LogP contribution in [0, 0.1) is 0 Å². The molecule has 0 atom stereocenters. The molecule has 0 fully saturated rings. The van der Waals surface area contributed by atoms with E-state index in [1.807, 2.05) is 24.5 Å². The topological polar surface area (TPSA) is 30.8 Å². The first kappa shape index (κ1) is 10.5. The summed E-state index contributed by atoms with van der Waals surface area (Å²) in [4.78, 5) is 0. The molecular formula is C13H11NO2S. The predicted octanol–water partition coefficient (Wildman–Crippen LogP) is 3.23. The molecule has 0 amide bonds. The van der Waals surface area contributed by atoms with E-state index in [1.165, 1.54) is 17.4 Å². The van der Waals surface area contributed by atoms with Crippen molar-refractivity contribution in [2.24, 2.45) is 5.16 Å². The molecule has 17 heavy (non-hydrogen) atoms. The number of oxime groups is 1. The SMILES string of the molecule is CSO/N=C1\COc2c1ccc1ccccc21. The molecule has 0 spiro atoms. The number of nitrogens with zero attached hydrogens (tertiary/aromatic N) is 1. The van der Waals surface area contributed by atoms with E-state index in [0.29, 0.717) is 6.61 Å². The standard InChI is InChI=1S/C13H11NO2S/c1-17-16-14-12-8-15-13-10-5-3-2-4-9(10)6-7-11(12)13/h2-7H,8H2,1H3/b14-12+. The van der Waals surface area contributed by atoms with E-state index in [4.69, 9.17) is 9.02 Å². The third kappa shape index (κ3) is 1.74. The highest BCUT2D eigenvalue weighted by atomic mass is 32.2. The number of fused-ring (bicyclic) bond motifs is 3. The molecule has 1 aliphatic rings. The fourth-order valence-corrected chi connectivity index (χ4v) is 2.17. The molecule has 0 unspecified atom stereocenters. The summed E-state index contributed by atoms with van der Waals surface area (Å²) in [7, 11) is 0. The Morgan fingerprint density at radius 2 is 2.12 bits per heavy atom. The number of benzene rings is 2. The van der Waals surface area contributed by atoms with Crippen LogP contribution in [-0.2, 0) is 4.28 Å². The van der Waals surface area contributed by atoms with Crippen LogP contribution in [0.5, 0.6) is 5.75 Å². The van der Waals surface area contributed by atoms with E-state index in [1.54, 1.807) is 0 Å². The number of hydrogen-bond donors (Lipinski definition) is 0. The van der Waals surface area contributed by atoms with Crippen molar-refractivity contribution in [3.05, 3.63) is 42.0 Å². The molecule has 0 bridgehead atoms. The van der Waals surface area contributed by atoms with Gasteiger partial charge in [-0.1, -0.05) is 35.5 Å². The number of hydrogen-bond acceptors (Lipinski definition) is 4. The maximum atomic E-state index is 5.70. The molecule has 2 aromatic carbocycles. The third-order valence-electron chi connectivity index (χ3n) is 2.77. The smallest absolute Gasteiger partial charge is 0.137 e. The van der Waals surface area contributed by atoms with Crippen molar-refractivity contribution in [1.82, 2.24) is 0 Å². The zero-order valence-corrected chi connectivity index (χ0v) is 10.2. The highest BCUT2D eigenvalue weighted by Gasteiger charge is 2.22. The Hall–Kier alpha value is -1.68. The lowest BCUT2D eigenvalue weighted by Gasteiger charge is -2.03. The van der Waals surface area contributed by atoms with Crippen LogP contribution >= 0.6 is 12.0 Å². The Labute approximate surface area is 104 Å². The lowest BCUT2D eigenvalue weighted by Crippen LogP contribution is -2.01. The van der Waals surface area contributed by atoms with E-state index in [2.05, 4.69) is 23.4 Å². The van der Waals surface area contributed by atoms with Gasteiger partial charge in [-0.25, -0.2) is 0 Å². The van der Waals surface area contributed by atoms with Crippen molar-refractivity contribution < 1.29 is 9.02 Å². The second-order valence-electron chi connectivity index (χ2n) is 3.73. The second kappa shape index (κ2) is 4.30. The fourth-order valence-electron chi connectivity index (χ4n) is 2.00. The van der Waals surface area contributed by atoms with E-state index in [9.17, 15) is 0 Å². The quantitative estimate of drug-likeness (QED) is 0.601. The first-order chi connectivity index (χ1) is 8.40. The summed E-state index contributed by atoms with van der Waals surface area (Å²) in [6.07, 6.45) is 1.83. The normalized spacial score (nSPS) is 15.9. The molecule has 2 aromatic rings. The van der Waals surface area contributed by atoms with Crippen molar-refractivity contribution in [3.63, 3.8) is 0 Å². The van der Waals surface area contributed by atoms with E-state index in [0.717, 1.165) is 22.4 Å². The molecule has 1 heterocycles. The van der Waals surface area contributed by atoms with Crippen LogP contribution in [0.2, 0.25) is 0 Å². The molecule has 3 rings (SSSR count). The summed E-state index contributed by atoms with van der Waals surface area (Å²) in [5.41, 5.74) is 1.87. The monoisotopic (exact) mass is 245 g/mol. The second-order valence-corrected chi connectivity index (χ2v) is 4.21. The zero-order valence-electron chi connectivity index (χ0n) is 9.34. The Morgan fingerprint density at radius 3 is 3.00 bits per heavy atom. The van der Waals surface area contributed by atoms with Crippen LogP contribution in [-0.4, -0.2) is 18.6 Å². The van der Waals surface area contributed by atoms with E-state index >= 15 is 0 Å². The van der Waals surface area contributed by atoms with Gasteiger partial charge in [0.05, 0.1) is 12.0 Å². The first-order valence-corrected chi connectivity index (χ1v) is 6.47. The van der Waals surface area contributed by atoms with Gasteiger partial charge in [-0.15, -0.1) is 0 Å². The highest BCUT2D eigenvalue weighted by Crippen LogP contribution is 2.34. The largest absolute Gasteiger partial charge is 0.486 e. The van der Waals surface area contributed by atoms with Gasteiger partial charge >= 0.3 is 0 Å². The number of rotatable bonds is 2. The highest BCUT2D eigenvalue weighted by molar-refractivity contribution is 7.93. The first-order valence-electron chi connectivity index (χ1n) is 5.32. The molecule has 0 saturated carbocycles. The zero-order chi connectivity index (χ0) is 11.7. The van der Waals surface area contributed by atoms with Gasteiger partial charge in [-0.2, -0.15) is 0 Å². The van der Waals surface area contributed by atoms with E-state index < -0.39 is 0 Å². The molecule has 3 nitrogen and oxygen atoms in total. The average molecular weight is 245 g/mol. The van der Waals surface area contributed by atoms with Crippen molar-refractivity contribution >= 4 is 28.5 Å². The molecule has 4 heteroatoms. The Balaban J connectivity index is 2.14. The summed E-state index contributed by atoms with van der Waals surface area (Å²) in [5, 5.41) is 6.35. The maximum absolute atomic E-state index is 5.70. The van der Waals surface area contributed by atoms with Crippen molar-refractivity contribution in [3.8, 4) is 5.75 Å². The van der Waals surface area contributed by atoms with Crippen molar-refractivity contribution in [2.75, 3.05) is 12.9 Å². The van der Waals surface area contributed by atoms with Crippen LogP contribution < -0.4 is 4.74 Å². The molecule has 1 aliphatic heterocycles. The van der Waals surface area contributed by atoms with Crippen LogP contribution in [0.1, 0.15) is 5.56 Å². The minimum absolute atomic E-state index is 0.476. The molecule has 0 N–H and O–H groups in total. The average Bonchev–Trinajstić information content (AvgIpc) is 2.80. The lowest BCUT2D eigenvalue weighted by atomic mass is 10.0. The maximum Gasteiger partial charge on any atom is 0.137 e. The van der Waals surface area contributed by atoms with Gasteiger partial charge < -0.3 is 9.02 Å².